The van der Waals surface area contributed by atoms with E-state index in [1.807, 2.05) is 4.90 Å². The molecule has 0 bridgehead atoms. The van der Waals surface area contributed by atoms with Crippen molar-refractivity contribution < 1.29 is 10.0 Å². The lowest BCUT2D eigenvalue weighted by Gasteiger charge is -2.23. The molecule has 0 atom stereocenters. The lowest BCUT2D eigenvalue weighted by molar-refractivity contribution is -0.384. The second-order valence-corrected chi connectivity index (χ2v) is 4.47. The zero-order chi connectivity index (χ0) is 12.4. The zero-order valence-corrected chi connectivity index (χ0v) is 9.93. The summed E-state index contributed by atoms with van der Waals surface area (Å²) in [6, 6.07) is 4.94. The number of benzene rings is 1. The molecule has 92 valence electrons. The summed E-state index contributed by atoms with van der Waals surface area (Å²) in [6.45, 7) is 0.392. The number of aliphatic hydroxyl groups excluding tert-OH is 1. The van der Waals surface area contributed by atoms with Gasteiger partial charge in [0.15, 0.2) is 0 Å². The van der Waals surface area contributed by atoms with Crippen LogP contribution >= 0.6 is 11.6 Å². The van der Waals surface area contributed by atoms with Gasteiger partial charge in [-0.2, -0.15) is 0 Å². The first-order chi connectivity index (χ1) is 8.13. The molecule has 1 aliphatic rings. The van der Waals surface area contributed by atoms with Crippen LogP contribution in [0.4, 0.5) is 11.4 Å². The van der Waals surface area contributed by atoms with Gasteiger partial charge in [0.25, 0.3) is 5.69 Å². The van der Waals surface area contributed by atoms with E-state index in [1.165, 1.54) is 6.07 Å². The van der Waals surface area contributed by atoms with Gasteiger partial charge in [0.2, 0.25) is 0 Å². The summed E-state index contributed by atoms with van der Waals surface area (Å²) in [5, 5.41) is 20.4. The fourth-order valence-corrected chi connectivity index (χ4v) is 2.05. The van der Waals surface area contributed by atoms with E-state index >= 15 is 0 Å². The Balaban J connectivity index is 2.37. The number of nitrogens with zero attached hydrogens (tertiary/aromatic N) is 2. The summed E-state index contributed by atoms with van der Waals surface area (Å²) >= 11 is 5.77. The highest BCUT2D eigenvalue weighted by atomic mass is 35.5. The molecule has 1 aromatic rings. The Kier molecular flexibility index (Phi) is 3.49. The van der Waals surface area contributed by atoms with Crippen LogP contribution in [0.3, 0.4) is 0 Å². The van der Waals surface area contributed by atoms with E-state index in [-0.39, 0.29) is 12.3 Å². The lowest BCUT2D eigenvalue weighted by atomic mass is 10.2. The third-order valence-electron chi connectivity index (χ3n) is 2.77. The van der Waals surface area contributed by atoms with E-state index in [0.29, 0.717) is 23.3 Å². The van der Waals surface area contributed by atoms with E-state index in [2.05, 4.69) is 0 Å². The summed E-state index contributed by atoms with van der Waals surface area (Å²) in [5.74, 6) is 0. The Hall–Kier alpha value is -1.33. The molecule has 5 nitrogen and oxygen atoms in total. The fourth-order valence-electron chi connectivity index (χ4n) is 1.88. The summed E-state index contributed by atoms with van der Waals surface area (Å²) in [5.41, 5.74) is 0.536. The average Bonchev–Trinajstić information content (AvgIpc) is 3.10. The molecule has 17 heavy (non-hydrogen) atoms. The number of aliphatic hydroxyl groups is 1. The van der Waals surface area contributed by atoms with Gasteiger partial charge in [-0.15, -0.1) is 0 Å². The lowest BCUT2D eigenvalue weighted by Crippen LogP contribution is -2.29. The Morgan fingerprint density at radius 3 is 2.76 bits per heavy atom. The predicted molar refractivity (Wildman–Crippen MR) is 65.6 cm³/mol. The first-order valence-electron chi connectivity index (χ1n) is 5.45. The van der Waals surface area contributed by atoms with E-state index in [1.54, 1.807) is 12.1 Å². The van der Waals surface area contributed by atoms with Crippen molar-refractivity contribution >= 4 is 23.0 Å². The van der Waals surface area contributed by atoms with E-state index < -0.39 is 4.92 Å². The van der Waals surface area contributed by atoms with Crippen molar-refractivity contribution in [3.05, 3.63) is 33.3 Å². The molecule has 1 fully saturated rings. The minimum atomic E-state index is -0.437. The Labute approximate surface area is 104 Å². The van der Waals surface area contributed by atoms with Crippen molar-refractivity contribution in [3.63, 3.8) is 0 Å². The smallest absolute Gasteiger partial charge is 0.294 e. The van der Waals surface area contributed by atoms with Crippen molar-refractivity contribution in [1.29, 1.82) is 0 Å². The highest BCUT2D eigenvalue weighted by Gasteiger charge is 2.32. The van der Waals surface area contributed by atoms with E-state index in [4.69, 9.17) is 16.7 Å². The number of halogens is 1. The molecule has 0 aromatic heterocycles. The molecule has 1 aliphatic carbocycles. The maximum absolute atomic E-state index is 11.0. The maximum atomic E-state index is 11.0. The molecule has 0 amide bonds. The molecule has 0 aliphatic heterocycles. The van der Waals surface area contributed by atoms with Crippen molar-refractivity contribution in [2.24, 2.45) is 0 Å². The molecular weight excluding hydrogens is 244 g/mol. The summed E-state index contributed by atoms with van der Waals surface area (Å²) in [6.07, 6.45) is 2.03. The number of nitro benzene ring substituents is 1. The van der Waals surface area contributed by atoms with Gasteiger partial charge in [0.05, 0.1) is 11.5 Å². The van der Waals surface area contributed by atoms with Gasteiger partial charge in [0, 0.05) is 23.7 Å². The number of nitro groups is 1. The molecule has 0 radical (unpaired) electrons. The minimum absolute atomic E-state index is 0.00199. The largest absolute Gasteiger partial charge is 0.395 e. The number of anilines is 1. The molecular formula is C11H13ClN2O3. The molecule has 1 N–H and O–H groups in total. The normalized spacial score (nSPS) is 14.7. The fraction of sp³-hybridized carbons (Fsp3) is 0.455. The second-order valence-electron chi connectivity index (χ2n) is 4.04. The van der Waals surface area contributed by atoms with Gasteiger partial charge in [-0.1, -0.05) is 11.6 Å². The Morgan fingerprint density at radius 1 is 1.53 bits per heavy atom. The standard InChI is InChI=1S/C11H13ClN2O3/c12-8-1-4-10(11(7-8)14(16)17)13(5-6-15)9-2-3-9/h1,4,7,9,15H,2-3,5-6H2. The first-order valence-corrected chi connectivity index (χ1v) is 5.82. The zero-order valence-electron chi connectivity index (χ0n) is 9.17. The maximum Gasteiger partial charge on any atom is 0.294 e. The number of hydrogen-bond donors (Lipinski definition) is 1. The summed E-state index contributed by atoms with van der Waals surface area (Å²) in [4.78, 5) is 12.4. The average molecular weight is 257 g/mol. The molecule has 0 saturated heterocycles. The molecule has 0 unspecified atom stereocenters. The van der Waals surface area contributed by atoms with Crippen LogP contribution in [0.15, 0.2) is 18.2 Å². The Morgan fingerprint density at radius 2 is 2.24 bits per heavy atom. The SMILES string of the molecule is O=[N+]([O-])c1cc(Cl)ccc1N(CCO)C1CC1. The quantitative estimate of drug-likeness (QED) is 0.648. The van der Waals surface area contributed by atoms with Crippen LogP contribution < -0.4 is 4.90 Å². The van der Waals surface area contributed by atoms with Gasteiger partial charge >= 0.3 is 0 Å². The van der Waals surface area contributed by atoms with Crippen molar-refractivity contribution in [2.75, 3.05) is 18.1 Å². The van der Waals surface area contributed by atoms with Crippen LogP contribution in [-0.4, -0.2) is 29.2 Å². The molecule has 0 heterocycles. The van der Waals surface area contributed by atoms with Crippen LogP contribution in [0.1, 0.15) is 12.8 Å². The third-order valence-corrected chi connectivity index (χ3v) is 3.01. The van der Waals surface area contributed by atoms with Gasteiger partial charge in [-0.3, -0.25) is 10.1 Å². The van der Waals surface area contributed by atoms with Crippen molar-refractivity contribution in [1.82, 2.24) is 0 Å². The topological polar surface area (TPSA) is 66.6 Å². The van der Waals surface area contributed by atoms with Crippen LogP contribution in [0.2, 0.25) is 5.02 Å². The second kappa shape index (κ2) is 4.89. The van der Waals surface area contributed by atoms with Crippen LogP contribution in [0, 0.1) is 10.1 Å². The number of hydrogen-bond acceptors (Lipinski definition) is 4. The van der Waals surface area contributed by atoms with Gasteiger partial charge in [-0.05, 0) is 25.0 Å². The molecule has 6 heteroatoms. The van der Waals surface area contributed by atoms with E-state index in [9.17, 15) is 10.1 Å². The van der Waals surface area contributed by atoms with Gasteiger partial charge in [0.1, 0.15) is 5.69 Å². The van der Waals surface area contributed by atoms with Crippen molar-refractivity contribution in [2.45, 2.75) is 18.9 Å². The predicted octanol–water partition coefficient (Wildman–Crippen LogP) is 2.21. The minimum Gasteiger partial charge on any atom is -0.395 e. The first kappa shape index (κ1) is 12.1. The highest BCUT2D eigenvalue weighted by Crippen LogP contribution is 2.37. The molecule has 0 spiro atoms. The monoisotopic (exact) mass is 256 g/mol. The Bertz CT molecular complexity index is 435. The summed E-state index contributed by atoms with van der Waals surface area (Å²) < 4.78 is 0. The molecule has 2 rings (SSSR count). The van der Waals surface area contributed by atoms with Gasteiger partial charge < -0.3 is 10.0 Å². The highest BCUT2D eigenvalue weighted by molar-refractivity contribution is 6.30. The van der Waals surface area contributed by atoms with Crippen LogP contribution in [0.25, 0.3) is 0 Å². The summed E-state index contributed by atoms with van der Waals surface area (Å²) in [7, 11) is 0. The molecule has 1 aromatic carbocycles. The molecule has 1 saturated carbocycles. The van der Waals surface area contributed by atoms with Crippen LogP contribution in [-0.2, 0) is 0 Å². The van der Waals surface area contributed by atoms with E-state index in [0.717, 1.165) is 12.8 Å². The third kappa shape index (κ3) is 2.68. The van der Waals surface area contributed by atoms with Crippen LogP contribution in [0.5, 0.6) is 0 Å². The van der Waals surface area contributed by atoms with Gasteiger partial charge in [-0.25, -0.2) is 0 Å². The number of rotatable bonds is 5. The van der Waals surface area contributed by atoms with Crippen molar-refractivity contribution in [3.8, 4) is 0 Å².